The number of aliphatic carboxylic acids is 1. The molecule has 0 radical (unpaired) electrons. The van der Waals surface area contributed by atoms with Crippen molar-refractivity contribution in [3.8, 4) is 28.4 Å². The average Bonchev–Trinajstić information content (AvgIpc) is 3.22. The molecule has 8 heteroatoms. The summed E-state index contributed by atoms with van der Waals surface area (Å²) in [7, 11) is 2.91. The average molecular weight is 438 g/mol. The predicted octanol–water partition coefficient (Wildman–Crippen LogP) is 4.81. The number of methoxy groups -OCH3 is 2. The molecule has 8 nitrogen and oxygen atoms in total. The fourth-order valence-electron chi connectivity index (χ4n) is 3.53. The van der Waals surface area contributed by atoms with E-state index < -0.39 is 12.6 Å². The van der Waals surface area contributed by atoms with Gasteiger partial charge in [-0.3, -0.25) is 4.79 Å². The van der Waals surface area contributed by atoms with Gasteiger partial charge in [0.25, 0.3) is 0 Å². The maximum Gasteiger partial charge on any atom is 0.341 e. The van der Waals surface area contributed by atoms with Gasteiger partial charge in [-0.05, 0) is 24.3 Å². The summed E-state index contributed by atoms with van der Waals surface area (Å²) in [6.07, 6.45) is 1.33. The van der Waals surface area contributed by atoms with Crippen molar-refractivity contribution in [2.24, 2.45) is 0 Å². The Bertz CT molecular complexity index is 1380. The number of hydrogen-bond donors (Lipinski definition) is 1. The molecule has 32 heavy (non-hydrogen) atoms. The molecule has 0 aliphatic heterocycles. The third-order valence-corrected chi connectivity index (χ3v) is 5.15. The van der Waals surface area contributed by atoms with E-state index in [0.717, 1.165) is 5.76 Å². The molecule has 0 amide bonds. The lowest BCUT2D eigenvalue weighted by atomic mass is 10.0. The van der Waals surface area contributed by atoms with Gasteiger partial charge in [-0.1, -0.05) is 13.8 Å². The van der Waals surface area contributed by atoms with Crippen LogP contribution in [0.25, 0.3) is 33.1 Å². The molecule has 2 heterocycles. The number of hydrogen-bond acceptors (Lipinski definition) is 7. The molecule has 0 fully saturated rings. The first-order chi connectivity index (χ1) is 15.3. The van der Waals surface area contributed by atoms with Crippen molar-refractivity contribution in [3.05, 3.63) is 52.6 Å². The molecule has 0 aliphatic rings. The van der Waals surface area contributed by atoms with Crippen molar-refractivity contribution in [1.29, 1.82) is 0 Å². The van der Waals surface area contributed by atoms with Crippen LogP contribution in [0, 0.1) is 0 Å². The van der Waals surface area contributed by atoms with E-state index in [0.29, 0.717) is 39.0 Å². The molecule has 166 valence electrons. The zero-order valence-electron chi connectivity index (χ0n) is 18.1. The van der Waals surface area contributed by atoms with Gasteiger partial charge in [-0.15, -0.1) is 0 Å². The van der Waals surface area contributed by atoms with Gasteiger partial charge in [0.2, 0.25) is 5.43 Å². The van der Waals surface area contributed by atoms with Crippen molar-refractivity contribution < 1.29 is 32.9 Å². The second-order valence-corrected chi connectivity index (χ2v) is 7.52. The van der Waals surface area contributed by atoms with Gasteiger partial charge in [-0.2, -0.15) is 0 Å². The lowest BCUT2D eigenvalue weighted by Gasteiger charge is -2.15. The van der Waals surface area contributed by atoms with Crippen LogP contribution in [-0.2, 0) is 4.79 Å². The highest BCUT2D eigenvalue weighted by Gasteiger charge is 2.20. The van der Waals surface area contributed by atoms with Crippen LogP contribution in [0.3, 0.4) is 0 Å². The number of benzene rings is 2. The van der Waals surface area contributed by atoms with Gasteiger partial charge in [0.15, 0.2) is 18.1 Å². The Morgan fingerprint density at radius 2 is 1.72 bits per heavy atom. The van der Waals surface area contributed by atoms with Crippen LogP contribution < -0.4 is 19.6 Å². The largest absolute Gasteiger partial charge is 0.493 e. The Hall–Kier alpha value is -3.94. The van der Waals surface area contributed by atoms with Gasteiger partial charge < -0.3 is 28.2 Å². The van der Waals surface area contributed by atoms with Crippen LogP contribution in [0.2, 0.25) is 0 Å². The molecule has 0 unspecified atom stereocenters. The lowest BCUT2D eigenvalue weighted by Crippen LogP contribution is -2.12. The first kappa shape index (κ1) is 21.3. The summed E-state index contributed by atoms with van der Waals surface area (Å²) in [5.41, 5.74) is 1.28. The molecule has 0 aliphatic carbocycles. The monoisotopic (exact) mass is 438 g/mol. The molecule has 2 aromatic carbocycles. The summed E-state index contributed by atoms with van der Waals surface area (Å²) in [4.78, 5) is 24.5. The molecule has 2 aromatic heterocycles. The van der Waals surface area contributed by atoms with E-state index in [1.807, 2.05) is 19.9 Å². The highest BCUT2D eigenvalue weighted by Crippen LogP contribution is 2.40. The van der Waals surface area contributed by atoms with Crippen LogP contribution in [-0.4, -0.2) is 31.9 Å². The number of carbonyl (C=O) groups is 1. The minimum atomic E-state index is -1.15. The summed E-state index contributed by atoms with van der Waals surface area (Å²) in [6, 6.07) is 8.30. The molecule has 4 aromatic rings. The molecule has 0 bridgehead atoms. The zero-order valence-corrected chi connectivity index (χ0v) is 18.1. The Labute approximate surface area is 182 Å². The number of ether oxygens (including phenoxy) is 3. The summed E-state index contributed by atoms with van der Waals surface area (Å²) in [6.45, 7) is 3.45. The standard InChI is InChI=1S/C24H22O8/c1-12(2)18-8-15-17(32-18)6-5-13-23(27)16(10-31-24(13)15)14-7-20(28-3)21(29-4)9-19(14)30-11-22(25)26/h5-10,12H,11H2,1-4H3,(H,25,26). The predicted molar refractivity (Wildman–Crippen MR) is 118 cm³/mol. The van der Waals surface area contributed by atoms with Crippen molar-refractivity contribution in [2.45, 2.75) is 19.8 Å². The van der Waals surface area contributed by atoms with Gasteiger partial charge >= 0.3 is 5.97 Å². The van der Waals surface area contributed by atoms with Crippen molar-refractivity contribution in [3.63, 3.8) is 0 Å². The van der Waals surface area contributed by atoms with E-state index in [9.17, 15) is 9.59 Å². The number of carboxylic acid groups (broad SMARTS) is 1. The van der Waals surface area contributed by atoms with E-state index in [1.54, 1.807) is 18.2 Å². The van der Waals surface area contributed by atoms with Gasteiger partial charge in [0.1, 0.15) is 28.9 Å². The SMILES string of the molecule is COc1cc(OCC(=O)O)c(-c2coc3c(ccc4oc(C(C)C)cc43)c2=O)cc1OC. The minimum Gasteiger partial charge on any atom is -0.493 e. The third kappa shape index (κ3) is 3.64. The van der Waals surface area contributed by atoms with Crippen LogP contribution in [0.4, 0.5) is 0 Å². The van der Waals surface area contributed by atoms with Crippen LogP contribution >= 0.6 is 0 Å². The van der Waals surface area contributed by atoms with E-state index in [2.05, 4.69) is 0 Å². The normalized spacial score (nSPS) is 11.3. The molecule has 1 N–H and O–H groups in total. The molecule has 0 atom stereocenters. The first-order valence-corrected chi connectivity index (χ1v) is 9.93. The third-order valence-electron chi connectivity index (χ3n) is 5.15. The zero-order chi connectivity index (χ0) is 23.0. The maximum atomic E-state index is 13.4. The second-order valence-electron chi connectivity index (χ2n) is 7.52. The Morgan fingerprint density at radius 1 is 1.00 bits per heavy atom. The number of rotatable bonds is 7. The first-order valence-electron chi connectivity index (χ1n) is 9.93. The fourth-order valence-corrected chi connectivity index (χ4v) is 3.53. The number of fused-ring (bicyclic) bond motifs is 3. The molecule has 0 saturated carbocycles. The van der Waals surface area contributed by atoms with E-state index in [-0.39, 0.29) is 22.7 Å². The molecule has 0 saturated heterocycles. The lowest BCUT2D eigenvalue weighted by molar-refractivity contribution is -0.139. The highest BCUT2D eigenvalue weighted by atomic mass is 16.5. The summed E-state index contributed by atoms with van der Waals surface area (Å²) in [5.74, 6) is 0.676. The Morgan fingerprint density at radius 3 is 2.38 bits per heavy atom. The quantitative estimate of drug-likeness (QED) is 0.438. The van der Waals surface area contributed by atoms with Gasteiger partial charge in [-0.25, -0.2) is 4.79 Å². The molecule has 4 rings (SSSR count). The van der Waals surface area contributed by atoms with Crippen molar-refractivity contribution in [1.82, 2.24) is 0 Å². The maximum absolute atomic E-state index is 13.4. The van der Waals surface area contributed by atoms with E-state index >= 15 is 0 Å². The Kier molecular flexibility index (Phi) is 5.52. The Balaban J connectivity index is 1.94. The number of carboxylic acids is 1. The molecular formula is C24H22O8. The topological polar surface area (TPSA) is 108 Å². The summed E-state index contributed by atoms with van der Waals surface area (Å²) < 4.78 is 27.8. The molecular weight excluding hydrogens is 416 g/mol. The highest BCUT2D eigenvalue weighted by molar-refractivity contribution is 6.03. The summed E-state index contributed by atoms with van der Waals surface area (Å²) >= 11 is 0. The number of furan rings is 1. The van der Waals surface area contributed by atoms with Gasteiger partial charge in [0.05, 0.1) is 30.6 Å². The second kappa shape index (κ2) is 8.30. The fraction of sp³-hybridized carbons (Fsp3) is 0.250. The smallest absolute Gasteiger partial charge is 0.341 e. The van der Waals surface area contributed by atoms with Crippen molar-refractivity contribution >= 4 is 27.9 Å². The van der Waals surface area contributed by atoms with E-state index in [1.165, 1.54) is 26.5 Å². The van der Waals surface area contributed by atoms with Crippen LogP contribution in [0.15, 0.2) is 50.2 Å². The minimum absolute atomic E-state index is 0.156. The van der Waals surface area contributed by atoms with Gasteiger partial charge in [0, 0.05) is 17.5 Å². The molecule has 0 spiro atoms. The van der Waals surface area contributed by atoms with Crippen molar-refractivity contribution in [2.75, 3.05) is 20.8 Å². The summed E-state index contributed by atoms with van der Waals surface area (Å²) in [5, 5.41) is 10.1. The van der Waals surface area contributed by atoms with Crippen LogP contribution in [0.5, 0.6) is 17.2 Å². The van der Waals surface area contributed by atoms with Crippen LogP contribution in [0.1, 0.15) is 25.5 Å². The van der Waals surface area contributed by atoms with E-state index in [4.69, 9.17) is 28.2 Å².